The predicted octanol–water partition coefficient (Wildman–Crippen LogP) is 11.3. The molecule has 0 fully saturated rings. The van der Waals surface area contributed by atoms with Gasteiger partial charge in [0.2, 0.25) is 62.3 Å². The van der Waals surface area contributed by atoms with Gasteiger partial charge >= 0.3 is 11.9 Å². The Morgan fingerprint density at radius 2 is 0.703 bits per heavy atom. The quantitative estimate of drug-likeness (QED) is 0.0486. The van der Waals surface area contributed by atoms with Crippen molar-refractivity contribution in [2.75, 3.05) is 0 Å². The van der Waals surface area contributed by atoms with E-state index in [0.29, 0.717) is 36.2 Å². The molecule has 0 saturated heterocycles. The number of carbonyl (C=O) groups is 5. The fourth-order valence-electron chi connectivity index (χ4n) is 8.51. The SMILES string of the molecule is O=C(O)c1cc(=O)c(O)c(C(=O)c2ccc(Cc3ccc(F)cc3)o2)o1.O=C(O)c1cc(=O)c(OCc2ccccc2)c(C(=O)c2ccc(Cc3ccc(F)cc3)o2)o1.O=C(c1ccc(Cc2ccc(F)cc2)o1)c1oc(CO)cc(=O)c1OCc1ccccc1. The molecule has 11 aromatic rings. The van der Waals surface area contributed by atoms with Crippen molar-refractivity contribution in [3.8, 4) is 17.2 Å². The lowest BCUT2D eigenvalue weighted by Crippen LogP contribution is -2.16. The van der Waals surface area contributed by atoms with Crippen molar-refractivity contribution < 1.29 is 93.5 Å². The molecule has 0 spiro atoms. The molecule has 460 valence electrons. The van der Waals surface area contributed by atoms with E-state index in [2.05, 4.69) is 0 Å². The normalized spacial score (nSPS) is 10.7. The van der Waals surface area contributed by atoms with Crippen LogP contribution in [0.3, 0.4) is 0 Å². The maximum atomic E-state index is 13.1. The molecule has 4 N–H and O–H groups in total. The summed E-state index contributed by atoms with van der Waals surface area (Å²) in [6, 6.07) is 46.7. The average Bonchev–Trinajstić information content (AvgIpc) is 1.90. The van der Waals surface area contributed by atoms with Gasteiger partial charge in [0.05, 0.1) is 0 Å². The number of carboxylic acid groups (broad SMARTS) is 2. The minimum Gasteiger partial charge on any atom is -0.501 e. The molecule has 0 unspecified atom stereocenters. The molecule has 6 aromatic heterocycles. The van der Waals surface area contributed by atoms with E-state index in [1.807, 2.05) is 36.4 Å². The minimum absolute atomic E-state index is 0.0354. The number of hydrogen-bond acceptors (Lipinski definition) is 18. The van der Waals surface area contributed by atoms with Crippen molar-refractivity contribution in [2.45, 2.75) is 39.1 Å². The molecule has 0 aliphatic heterocycles. The highest BCUT2D eigenvalue weighted by Crippen LogP contribution is 2.27. The molecule has 0 saturated carbocycles. The lowest BCUT2D eigenvalue weighted by Gasteiger charge is -2.10. The molecule has 6 heterocycles. The third-order valence-electron chi connectivity index (χ3n) is 13.0. The number of ketones is 3. The fraction of sp³-hybridized carbons (Fsp3) is 0.0882. The van der Waals surface area contributed by atoms with Crippen molar-refractivity contribution in [1.29, 1.82) is 0 Å². The summed E-state index contributed by atoms with van der Waals surface area (Å²) in [5, 5.41) is 37.2. The van der Waals surface area contributed by atoms with Gasteiger partial charge in [-0.25, -0.2) is 22.8 Å². The first-order valence-electron chi connectivity index (χ1n) is 27.1. The van der Waals surface area contributed by atoms with Crippen LogP contribution in [0.2, 0.25) is 0 Å². The van der Waals surface area contributed by atoms with Crippen molar-refractivity contribution in [3.05, 3.63) is 333 Å². The first-order chi connectivity index (χ1) is 43.8. The number of aliphatic hydroxyl groups is 1. The number of aliphatic hydroxyl groups excluding tert-OH is 1. The molecule has 0 bridgehead atoms. The highest BCUT2D eigenvalue weighted by molar-refractivity contribution is 6.08. The summed E-state index contributed by atoms with van der Waals surface area (Å²) in [5.74, 6) is -10.8. The molecule has 0 radical (unpaired) electrons. The number of aromatic carboxylic acids is 2. The van der Waals surface area contributed by atoms with Crippen LogP contribution in [0, 0.1) is 17.5 Å². The number of carbonyl (C=O) groups excluding carboxylic acids is 3. The Morgan fingerprint density at radius 1 is 0.363 bits per heavy atom. The summed E-state index contributed by atoms with van der Waals surface area (Å²) in [7, 11) is 0. The highest BCUT2D eigenvalue weighted by Gasteiger charge is 2.29. The number of ether oxygens (including phenoxy) is 2. The number of carboxylic acids is 2. The smallest absolute Gasteiger partial charge is 0.371 e. The van der Waals surface area contributed by atoms with Gasteiger partial charge in [-0.15, -0.1) is 0 Å². The molecular weight excluding hydrogens is 1190 g/mol. The number of halogens is 3. The van der Waals surface area contributed by atoms with E-state index in [4.69, 9.17) is 41.1 Å². The highest BCUT2D eigenvalue weighted by atomic mass is 19.1. The molecule has 5 aromatic carbocycles. The van der Waals surface area contributed by atoms with Gasteiger partial charge in [0.25, 0.3) is 17.3 Å². The monoisotopic (exact) mass is 1240 g/mol. The van der Waals surface area contributed by atoms with Gasteiger partial charge < -0.3 is 56.4 Å². The second-order valence-corrected chi connectivity index (χ2v) is 19.5. The van der Waals surface area contributed by atoms with Crippen LogP contribution in [-0.2, 0) is 39.1 Å². The summed E-state index contributed by atoms with van der Waals surface area (Å²) in [4.78, 5) is 97.5. The van der Waals surface area contributed by atoms with Crippen LogP contribution in [0.5, 0.6) is 17.2 Å². The van der Waals surface area contributed by atoms with Crippen LogP contribution in [0.25, 0.3) is 0 Å². The van der Waals surface area contributed by atoms with E-state index in [1.54, 1.807) is 72.8 Å². The summed E-state index contributed by atoms with van der Waals surface area (Å²) >= 11 is 0. The maximum absolute atomic E-state index is 13.1. The van der Waals surface area contributed by atoms with Crippen LogP contribution < -0.4 is 25.8 Å². The zero-order chi connectivity index (χ0) is 64.7. The Morgan fingerprint density at radius 3 is 1.08 bits per heavy atom. The lowest BCUT2D eigenvalue weighted by molar-refractivity contribution is 0.0643. The Bertz CT molecular complexity index is 4590. The predicted molar refractivity (Wildman–Crippen MR) is 312 cm³/mol. The van der Waals surface area contributed by atoms with E-state index in [0.717, 1.165) is 39.9 Å². The number of hydrogen-bond donors (Lipinski definition) is 4. The minimum atomic E-state index is -1.56. The Balaban J connectivity index is 0.000000163. The van der Waals surface area contributed by atoms with Crippen molar-refractivity contribution in [3.63, 3.8) is 0 Å². The van der Waals surface area contributed by atoms with Crippen LogP contribution in [0.1, 0.15) is 121 Å². The average molecular weight is 1240 g/mol. The van der Waals surface area contributed by atoms with E-state index in [1.165, 1.54) is 60.7 Å². The van der Waals surface area contributed by atoms with E-state index >= 15 is 0 Å². The van der Waals surface area contributed by atoms with Crippen LogP contribution in [0.4, 0.5) is 13.2 Å². The van der Waals surface area contributed by atoms with Gasteiger partial charge in [0.15, 0.2) is 17.3 Å². The standard InChI is InChI=1S/C25H17FO7.C25H19FO6.C18H11FO7/c26-17-8-6-15(7-9-17)12-18-10-11-20(32-18)22(28)24-23(19(27)13-21(33-24)25(29)30)31-14-16-4-2-1-3-5-16;26-18-8-6-16(7-9-18)12-19-10-11-22(31-19)23(29)25-24(21(28)13-20(14-27)32-25)30-15-17-4-2-1-3-5-17;19-10-3-1-9(2-4-10)7-11-5-6-13(25-11)16(22)17-15(21)12(20)8-14(26-17)18(23)24/h1-11,13H,12,14H2,(H,29,30);1-11,13,27H,12,14-15H2;1-6,8,21H,7H2,(H,23,24). The molecule has 0 aliphatic rings. The van der Waals surface area contributed by atoms with Gasteiger partial charge in [-0.2, -0.15) is 0 Å². The van der Waals surface area contributed by atoms with Crippen LogP contribution >= 0.6 is 0 Å². The third kappa shape index (κ3) is 16.5. The summed E-state index contributed by atoms with van der Waals surface area (Å²) < 4.78 is 82.4. The molecule has 11 rings (SSSR count). The number of aromatic hydroxyl groups is 1. The first-order valence-corrected chi connectivity index (χ1v) is 27.1. The molecule has 0 amide bonds. The third-order valence-corrected chi connectivity index (χ3v) is 13.0. The van der Waals surface area contributed by atoms with Crippen LogP contribution in [-0.4, -0.2) is 49.7 Å². The molecule has 91 heavy (non-hydrogen) atoms. The van der Waals surface area contributed by atoms with E-state index in [9.17, 15) is 66.8 Å². The first kappa shape index (κ1) is 63.4. The van der Waals surface area contributed by atoms with Crippen molar-refractivity contribution >= 4 is 29.3 Å². The Kier molecular flexibility index (Phi) is 20.2. The Hall–Kier alpha value is -12.1. The molecule has 23 heteroatoms. The zero-order valence-corrected chi connectivity index (χ0v) is 47.1. The summed E-state index contributed by atoms with van der Waals surface area (Å²) in [6.45, 7) is -0.535. The largest absolute Gasteiger partial charge is 0.501 e. The van der Waals surface area contributed by atoms with Crippen molar-refractivity contribution in [1.82, 2.24) is 0 Å². The molecule has 0 aliphatic carbocycles. The molecular formula is C68H47F3O20. The zero-order valence-electron chi connectivity index (χ0n) is 47.1. The van der Waals surface area contributed by atoms with E-state index in [-0.39, 0.29) is 71.6 Å². The maximum Gasteiger partial charge on any atom is 0.371 e. The second-order valence-electron chi connectivity index (χ2n) is 19.5. The van der Waals surface area contributed by atoms with Crippen molar-refractivity contribution in [2.24, 2.45) is 0 Å². The van der Waals surface area contributed by atoms with Gasteiger partial charge in [-0.1, -0.05) is 97.1 Å². The van der Waals surface area contributed by atoms with Gasteiger partial charge in [-0.05, 0) is 101 Å². The molecule has 20 nitrogen and oxygen atoms in total. The fourth-order valence-corrected chi connectivity index (χ4v) is 8.51. The molecule has 0 atom stereocenters. The van der Waals surface area contributed by atoms with E-state index < -0.39 is 86.7 Å². The summed E-state index contributed by atoms with van der Waals surface area (Å²) in [5.41, 5.74) is 1.38. The topological polar surface area (TPSA) is 315 Å². The van der Waals surface area contributed by atoms with Crippen LogP contribution in [0.15, 0.2) is 229 Å². The van der Waals surface area contributed by atoms with Gasteiger partial charge in [0, 0.05) is 37.5 Å². The van der Waals surface area contributed by atoms with Gasteiger partial charge in [-0.3, -0.25) is 28.8 Å². The second kappa shape index (κ2) is 29.1. The lowest BCUT2D eigenvalue weighted by atomic mass is 10.1. The van der Waals surface area contributed by atoms with Gasteiger partial charge in [0.1, 0.15) is 60.3 Å². The summed E-state index contributed by atoms with van der Waals surface area (Å²) in [6.07, 6.45) is 0.925. The number of benzene rings is 5. The number of furan rings is 3. The Labute approximate surface area is 510 Å². The number of rotatable bonds is 21.